The molecule has 0 bridgehead atoms. The molecular formula is C17H23N3. The molecule has 1 N–H and O–H groups in total. The topological polar surface area (TPSA) is 40.8 Å². The van der Waals surface area contributed by atoms with E-state index in [1.807, 2.05) is 11.6 Å². The Morgan fingerprint density at radius 1 is 1.30 bits per heavy atom. The van der Waals surface area contributed by atoms with Gasteiger partial charge in [-0.2, -0.15) is 5.26 Å². The second-order valence-corrected chi connectivity index (χ2v) is 6.26. The number of hydrogen-bond acceptors (Lipinski definition) is 2. The van der Waals surface area contributed by atoms with Crippen molar-refractivity contribution in [3.8, 4) is 6.07 Å². The van der Waals surface area contributed by atoms with Gasteiger partial charge in [-0.25, -0.2) is 0 Å². The van der Waals surface area contributed by atoms with Crippen LogP contribution in [0.2, 0.25) is 0 Å². The maximum Gasteiger partial charge on any atom is 0.125 e. The second kappa shape index (κ2) is 5.30. The van der Waals surface area contributed by atoms with Crippen molar-refractivity contribution in [2.75, 3.05) is 6.54 Å². The van der Waals surface area contributed by atoms with Gasteiger partial charge in [0.15, 0.2) is 0 Å². The standard InChI is InChI=1S/C17H23N3/c1-6-19-11-14-13-9-12(17(2,3)4)7-8-15(13)20(5)16(14)10-18/h7-9,19H,6,11H2,1-5H3. The predicted octanol–water partition coefficient (Wildman–Crippen LogP) is 3.46. The zero-order valence-electron chi connectivity index (χ0n) is 13.0. The first-order chi connectivity index (χ1) is 9.40. The smallest absolute Gasteiger partial charge is 0.125 e. The molecule has 1 aromatic carbocycles. The van der Waals surface area contributed by atoms with Crippen molar-refractivity contribution in [1.82, 2.24) is 9.88 Å². The molecule has 0 aliphatic rings. The molecule has 106 valence electrons. The summed E-state index contributed by atoms with van der Waals surface area (Å²) in [6, 6.07) is 8.88. The van der Waals surface area contributed by atoms with E-state index in [0.29, 0.717) is 0 Å². The molecule has 1 heterocycles. The van der Waals surface area contributed by atoms with Crippen molar-refractivity contribution in [3.05, 3.63) is 35.0 Å². The van der Waals surface area contributed by atoms with Crippen molar-refractivity contribution in [2.45, 2.75) is 39.7 Å². The lowest BCUT2D eigenvalue weighted by molar-refractivity contribution is 0.591. The maximum atomic E-state index is 9.43. The van der Waals surface area contributed by atoms with Gasteiger partial charge >= 0.3 is 0 Å². The van der Waals surface area contributed by atoms with Crippen molar-refractivity contribution >= 4 is 10.9 Å². The van der Waals surface area contributed by atoms with Crippen LogP contribution in [0.25, 0.3) is 10.9 Å². The van der Waals surface area contributed by atoms with E-state index in [2.05, 4.69) is 57.3 Å². The van der Waals surface area contributed by atoms with E-state index in [1.54, 1.807) is 0 Å². The summed E-state index contributed by atoms with van der Waals surface area (Å²) in [6.07, 6.45) is 0. The van der Waals surface area contributed by atoms with Crippen LogP contribution < -0.4 is 5.32 Å². The number of aryl methyl sites for hydroxylation is 1. The second-order valence-electron chi connectivity index (χ2n) is 6.26. The molecule has 3 nitrogen and oxygen atoms in total. The van der Waals surface area contributed by atoms with Gasteiger partial charge in [-0.3, -0.25) is 0 Å². The zero-order valence-corrected chi connectivity index (χ0v) is 13.0. The molecule has 2 rings (SSSR count). The molecule has 0 saturated heterocycles. The Labute approximate surface area is 121 Å². The Hall–Kier alpha value is -1.79. The van der Waals surface area contributed by atoms with Crippen LogP contribution in [0.1, 0.15) is 44.5 Å². The quantitative estimate of drug-likeness (QED) is 0.927. The SMILES string of the molecule is CCNCc1c(C#N)n(C)c2ccc(C(C)(C)C)cc12. The van der Waals surface area contributed by atoms with E-state index in [4.69, 9.17) is 0 Å². The molecule has 0 aliphatic carbocycles. The fourth-order valence-electron chi connectivity index (χ4n) is 2.56. The van der Waals surface area contributed by atoms with Crippen LogP contribution in [0, 0.1) is 11.3 Å². The van der Waals surface area contributed by atoms with Crippen molar-refractivity contribution in [2.24, 2.45) is 7.05 Å². The first kappa shape index (κ1) is 14.6. The highest BCUT2D eigenvalue weighted by Crippen LogP contribution is 2.30. The summed E-state index contributed by atoms with van der Waals surface area (Å²) in [4.78, 5) is 0. The molecule has 0 spiro atoms. The summed E-state index contributed by atoms with van der Waals surface area (Å²) >= 11 is 0. The minimum atomic E-state index is 0.117. The number of nitrogens with zero attached hydrogens (tertiary/aromatic N) is 2. The lowest BCUT2D eigenvalue weighted by Crippen LogP contribution is -2.13. The number of rotatable bonds is 3. The zero-order chi connectivity index (χ0) is 14.9. The van der Waals surface area contributed by atoms with Gasteiger partial charge in [0.2, 0.25) is 0 Å². The van der Waals surface area contributed by atoms with Crippen LogP contribution >= 0.6 is 0 Å². The molecule has 0 radical (unpaired) electrons. The van der Waals surface area contributed by atoms with E-state index >= 15 is 0 Å². The highest BCUT2D eigenvalue weighted by atomic mass is 15.0. The van der Waals surface area contributed by atoms with Crippen LogP contribution in [-0.2, 0) is 19.0 Å². The number of nitriles is 1. The minimum Gasteiger partial charge on any atom is -0.335 e. The van der Waals surface area contributed by atoms with Gasteiger partial charge in [0, 0.05) is 30.1 Å². The molecular weight excluding hydrogens is 246 g/mol. The number of hydrogen-bond donors (Lipinski definition) is 1. The van der Waals surface area contributed by atoms with E-state index in [-0.39, 0.29) is 5.41 Å². The third-order valence-electron chi connectivity index (χ3n) is 3.83. The Balaban J connectivity index is 2.69. The molecule has 0 atom stereocenters. The molecule has 0 aliphatic heterocycles. The molecule has 0 saturated carbocycles. The normalized spacial score (nSPS) is 11.8. The summed E-state index contributed by atoms with van der Waals surface area (Å²) in [6.45, 7) is 10.4. The summed E-state index contributed by atoms with van der Waals surface area (Å²) < 4.78 is 1.99. The van der Waals surface area contributed by atoms with Crippen LogP contribution in [-0.4, -0.2) is 11.1 Å². The molecule has 0 fully saturated rings. The Morgan fingerprint density at radius 3 is 2.55 bits per heavy atom. The lowest BCUT2D eigenvalue weighted by atomic mass is 9.86. The van der Waals surface area contributed by atoms with E-state index in [1.165, 1.54) is 10.9 Å². The summed E-state index contributed by atoms with van der Waals surface area (Å²) in [7, 11) is 1.97. The van der Waals surface area contributed by atoms with Crippen molar-refractivity contribution in [3.63, 3.8) is 0 Å². The number of nitrogens with one attached hydrogen (secondary N) is 1. The van der Waals surface area contributed by atoms with E-state index in [9.17, 15) is 5.26 Å². The van der Waals surface area contributed by atoms with Crippen LogP contribution in [0.4, 0.5) is 0 Å². The van der Waals surface area contributed by atoms with Crippen LogP contribution in [0.15, 0.2) is 18.2 Å². The van der Waals surface area contributed by atoms with Gasteiger partial charge in [-0.05, 0) is 29.7 Å². The largest absolute Gasteiger partial charge is 0.335 e. The van der Waals surface area contributed by atoms with Gasteiger partial charge in [0.1, 0.15) is 11.8 Å². The number of fused-ring (bicyclic) bond motifs is 1. The number of benzene rings is 1. The Morgan fingerprint density at radius 2 is 2.00 bits per heavy atom. The highest BCUT2D eigenvalue weighted by Gasteiger charge is 2.19. The fraction of sp³-hybridized carbons (Fsp3) is 0.471. The van der Waals surface area contributed by atoms with Gasteiger partial charge < -0.3 is 9.88 Å². The molecule has 0 amide bonds. The minimum absolute atomic E-state index is 0.117. The van der Waals surface area contributed by atoms with Gasteiger partial charge in [0.05, 0.1) is 0 Å². The first-order valence-corrected chi connectivity index (χ1v) is 7.12. The third kappa shape index (κ3) is 2.44. The monoisotopic (exact) mass is 269 g/mol. The van der Waals surface area contributed by atoms with E-state index < -0.39 is 0 Å². The molecule has 2 aromatic rings. The van der Waals surface area contributed by atoms with Crippen LogP contribution in [0.5, 0.6) is 0 Å². The molecule has 20 heavy (non-hydrogen) atoms. The van der Waals surface area contributed by atoms with Crippen molar-refractivity contribution < 1.29 is 0 Å². The van der Waals surface area contributed by atoms with Gasteiger partial charge in [-0.1, -0.05) is 33.8 Å². The Bertz CT molecular complexity index is 666. The molecule has 1 aromatic heterocycles. The Kier molecular flexibility index (Phi) is 3.87. The number of aromatic nitrogens is 1. The molecule has 0 unspecified atom stereocenters. The fourth-order valence-corrected chi connectivity index (χ4v) is 2.56. The lowest BCUT2D eigenvalue weighted by Gasteiger charge is -2.19. The maximum absolute atomic E-state index is 9.43. The van der Waals surface area contributed by atoms with Gasteiger partial charge in [0.25, 0.3) is 0 Å². The van der Waals surface area contributed by atoms with E-state index in [0.717, 1.165) is 29.9 Å². The van der Waals surface area contributed by atoms with Gasteiger partial charge in [-0.15, -0.1) is 0 Å². The third-order valence-corrected chi connectivity index (χ3v) is 3.83. The summed E-state index contributed by atoms with van der Waals surface area (Å²) in [5, 5.41) is 14.0. The van der Waals surface area contributed by atoms with Crippen LogP contribution in [0.3, 0.4) is 0 Å². The average molecular weight is 269 g/mol. The summed E-state index contributed by atoms with van der Waals surface area (Å²) in [5.74, 6) is 0. The van der Waals surface area contributed by atoms with Crippen molar-refractivity contribution in [1.29, 1.82) is 5.26 Å². The summed E-state index contributed by atoms with van der Waals surface area (Å²) in [5.41, 5.74) is 4.41. The highest BCUT2D eigenvalue weighted by molar-refractivity contribution is 5.87. The average Bonchev–Trinajstić information content (AvgIpc) is 2.67. The predicted molar refractivity (Wildman–Crippen MR) is 83.7 cm³/mol. The molecule has 3 heteroatoms. The first-order valence-electron chi connectivity index (χ1n) is 7.12.